The summed E-state index contributed by atoms with van der Waals surface area (Å²) in [5.41, 5.74) is 0.512. The van der Waals surface area contributed by atoms with Crippen molar-refractivity contribution >= 4 is 5.91 Å². The van der Waals surface area contributed by atoms with E-state index in [1.54, 1.807) is 0 Å². The highest BCUT2D eigenvalue weighted by atomic mass is 16.6. The number of azo groups is 1. The number of aliphatic hydroxyl groups is 1. The Morgan fingerprint density at radius 2 is 1.62 bits per heavy atom. The second kappa shape index (κ2) is 5.51. The number of amides is 1. The molecule has 1 atom stereocenters. The molecule has 122 valence electrons. The van der Waals surface area contributed by atoms with Gasteiger partial charge in [0.15, 0.2) is 12.1 Å². The molecule has 1 N–H and O–H groups in total. The van der Waals surface area contributed by atoms with E-state index in [0.717, 1.165) is 11.1 Å². The quantitative estimate of drug-likeness (QED) is 0.873. The molecule has 0 radical (unpaired) electrons. The van der Waals surface area contributed by atoms with Crippen LogP contribution in [0.2, 0.25) is 0 Å². The first-order chi connectivity index (χ1) is 11.8. The van der Waals surface area contributed by atoms with Crippen molar-refractivity contribution in [1.29, 1.82) is 0 Å². The lowest BCUT2D eigenvalue weighted by Gasteiger charge is -2.59. The van der Waals surface area contributed by atoms with Crippen LogP contribution in [-0.4, -0.2) is 41.6 Å². The molecule has 0 aromatic heterocycles. The Bertz CT molecular complexity index is 739. The number of β-amino-alcohol motifs (C(OH)–C–C–N with tert-alkyl or cyclic N) is 1. The molecule has 2 aromatic rings. The van der Waals surface area contributed by atoms with Crippen LogP contribution in [0.25, 0.3) is 0 Å². The highest BCUT2D eigenvalue weighted by Crippen LogP contribution is 2.57. The van der Waals surface area contributed by atoms with Gasteiger partial charge < -0.3 is 9.84 Å². The van der Waals surface area contributed by atoms with Crippen LogP contribution in [0.3, 0.4) is 0 Å². The number of likely N-dealkylation sites (tertiary alicyclic amines) is 1. The van der Waals surface area contributed by atoms with Gasteiger partial charge in [-0.15, -0.1) is 5.11 Å². The molecule has 2 aromatic carbocycles. The largest absolute Gasteiger partial charge is 0.395 e. The van der Waals surface area contributed by atoms with Gasteiger partial charge in [-0.1, -0.05) is 60.7 Å². The lowest BCUT2D eigenvalue weighted by atomic mass is 9.62. The number of carbonyl (C=O) groups is 1. The van der Waals surface area contributed by atoms with Crippen molar-refractivity contribution in [1.82, 2.24) is 4.90 Å². The molecule has 4 rings (SSSR count). The van der Waals surface area contributed by atoms with E-state index in [-0.39, 0.29) is 25.8 Å². The first-order valence-electron chi connectivity index (χ1n) is 7.84. The molecule has 0 saturated carbocycles. The molecule has 0 bridgehead atoms. The van der Waals surface area contributed by atoms with E-state index in [9.17, 15) is 9.90 Å². The fourth-order valence-corrected chi connectivity index (χ4v) is 3.74. The molecule has 2 heterocycles. The summed E-state index contributed by atoms with van der Waals surface area (Å²) in [6, 6.07) is 19.0. The van der Waals surface area contributed by atoms with E-state index in [0.29, 0.717) is 0 Å². The Labute approximate surface area is 139 Å². The molecule has 1 amide bonds. The molecule has 2 aliphatic heterocycles. The minimum atomic E-state index is -1.24. The van der Waals surface area contributed by atoms with Crippen LogP contribution in [0.1, 0.15) is 11.1 Å². The van der Waals surface area contributed by atoms with Crippen molar-refractivity contribution in [2.24, 2.45) is 10.2 Å². The van der Waals surface area contributed by atoms with Gasteiger partial charge in [0.1, 0.15) is 0 Å². The van der Waals surface area contributed by atoms with Gasteiger partial charge >= 0.3 is 0 Å². The van der Waals surface area contributed by atoms with Crippen molar-refractivity contribution in [2.45, 2.75) is 11.3 Å². The summed E-state index contributed by atoms with van der Waals surface area (Å²) in [5.74, 6) is -1.38. The standard InChI is InChI=1S/C18H17N3O3/c22-12-11-21-16(23)17(14-7-3-1-4-8-14,15-9-5-2-6-10-15)18(21)20-19-13-24-18/h1-10,22H,11-13H2. The first kappa shape index (κ1) is 15.0. The number of hydrogen-bond donors (Lipinski definition) is 1. The maximum absolute atomic E-state index is 13.3. The molecule has 24 heavy (non-hydrogen) atoms. The van der Waals surface area contributed by atoms with Gasteiger partial charge in [0.2, 0.25) is 5.91 Å². The molecule has 1 spiro atoms. The van der Waals surface area contributed by atoms with Crippen LogP contribution in [-0.2, 0) is 14.9 Å². The fraction of sp³-hybridized carbons (Fsp3) is 0.278. The normalized spacial score (nSPS) is 24.4. The highest BCUT2D eigenvalue weighted by molar-refractivity contribution is 6.00. The summed E-state index contributed by atoms with van der Waals surface area (Å²) in [4.78, 5) is 14.7. The Hall–Kier alpha value is -2.57. The van der Waals surface area contributed by atoms with Crippen molar-refractivity contribution in [2.75, 3.05) is 19.9 Å². The summed E-state index contributed by atoms with van der Waals surface area (Å²) in [6.07, 6.45) is 0. The Morgan fingerprint density at radius 3 is 2.08 bits per heavy atom. The van der Waals surface area contributed by atoms with Gasteiger partial charge in [-0.25, -0.2) is 0 Å². The summed E-state index contributed by atoms with van der Waals surface area (Å²) in [5, 5.41) is 17.7. The average Bonchev–Trinajstić information content (AvgIpc) is 3.14. The van der Waals surface area contributed by atoms with Crippen molar-refractivity contribution in [3.8, 4) is 0 Å². The Kier molecular flexibility index (Phi) is 3.44. The summed E-state index contributed by atoms with van der Waals surface area (Å²) >= 11 is 0. The number of nitrogens with zero attached hydrogens (tertiary/aromatic N) is 3. The molecule has 6 nitrogen and oxygen atoms in total. The van der Waals surface area contributed by atoms with Crippen LogP contribution >= 0.6 is 0 Å². The summed E-state index contributed by atoms with van der Waals surface area (Å²) in [6.45, 7) is 0.0852. The monoisotopic (exact) mass is 323 g/mol. The minimum Gasteiger partial charge on any atom is -0.395 e. The third kappa shape index (κ3) is 1.69. The number of hydrogen-bond acceptors (Lipinski definition) is 5. The topological polar surface area (TPSA) is 74.5 Å². The third-order valence-electron chi connectivity index (χ3n) is 4.69. The molecule has 1 fully saturated rings. The molecular formula is C18H17N3O3. The van der Waals surface area contributed by atoms with Crippen molar-refractivity contribution in [3.63, 3.8) is 0 Å². The zero-order valence-corrected chi connectivity index (χ0v) is 13.0. The number of β-lactam (4-membered cyclic amide) rings is 1. The van der Waals surface area contributed by atoms with Crippen LogP contribution in [0.5, 0.6) is 0 Å². The maximum atomic E-state index is 13.3. The van der Waals surface area contributed by atoms with Gasteiger partial charge in [-0.05, 0) is 11.1 Å². The number of aliphatic hydroxyl groups excluding tert-OH is 1. The smallest absolute Gasteiger partial charge is 0.285 e. The van der Waals surface area contributed by atoms with Gasteiger partial charge in [-0.2, -0.15) is 5.11 Å². The lowest BCUT2D eigenvalue weighted by molar-refractivity contribution is -0.235. The second-order valence-electron chi connectivity index (χ2n) is 5.79. The van der Waals surface area contributed by atoms with Gasteiger partial charge in [0.05, 0.1) is 6.61 Å². The Morgan fingerprint density at radius 1 is 1.04 bits per heavy atom. The first-order valence-corrected chi connectivity index (χ1v) is 7.84. The van der Waals surface area contributed by atoms with Crippen LogP contribution < -0.4 is 0 Å². The summed E-state index contributed by atoms with van der Waals surface area (Å²) < 4.78 is 5.90. The average molecular weight is 323 g/mol. The number of ether oxygens (including phenoxy) is 1. The maximum Gasteiger partial charge on any atom is 0.285 e. The van der Waals surface area contributed by atoms with E-state index in [2.05, 4.69) is 10.2 Å². The van der Waals surface area contributed by atoms with E-state index >= 15 is 0 Å². The predicted molar refractivity (Wildman–Crippen MR) is 86.0 cm³/mol. The second-order valence-corrected chi connectivity index (χ2v) is 5.79. The van der Waals surface area contributed by atoms with E-state index in [1.165, 1.54) is 4.90 Å². The van der Waals surface area contributed by atoms with Gasteiger partial charge in [0, 0.05) is 6.54 Å². The highest BCUT2D eigenvalue weighted by Gasteiger charge is 2.76. The number of rotatable bonds is 4. The number of benzene rings is 2. The SMILES string of the molecule is O=C1N(CCO)C2(N=NCO2)C1(c1ccccc1)c1ccccc1. The zero-order valence-electron chi connectivity index (χ0n) is 13.0. The van der Waals surface area contributed by atoms with Crippen LogP contribution in [0.4, 0.5) is 0 Å². The Balaban J connectivity index is 1.97. The molecular weight excluding hydrogens is 306 g/mol. The molecule has 0 aliphatic carbocycles. The molecule has 1 unspecified atom stereocenters. The third-order valence-corrected chi connectivity index (χ3v) is 4.69. The fourth-order valence-electron chi connectivity index (χ4n) is 3.74. The van der Waals surface area contributed by atoms with E-state index in [4.69, 9.17) is 4.74 Å². The van der Waals surface area contributed by atoms with Crippen molar-refractivity contribution in [3.05, 3.63) is 71.8 Å². The molecule has 1 saturated heterocycles. The van der Waals surface area contributed by atoms with E-state index < -0.39 is 11.3 Å². The number of carbonyl (C=O) groups excluding carboxylic acids is 1. The zero-order chi connectivity index (χ0) is 16.6. The van der Waals surface area contributed by atoms with Crippen molar-refractivity contribution < 1.29 is 14.6 Å². The van der Waals surface area contributed by atoms with Crippen LogP contribution in [0, 0.1) is 0 Å². The van der Waals surface area contributed by atoms with Crippen LogP contribution in [0.15, 0.2) is 70.9 Å². The molecule has 6 heteroatoms. The van der Waals surface area contributed by atoms with Gasteiger partial charge in [0.25, 0.3) is 5.85 Å². The predicted octanol–water partition coefficient (Wildman–Crippen LogP) is 1.90. The minimum absolute atomic E-state index is 0.0939. The van der Waals surface area contributed by atoms with E-state index in [1.807, 2.05) is 60.7 Å². The summed E-state index contributed by atoms with van der Waals surface area (Å²) in [7, 11) is 0. The lowest BCUT2D eigenvalue weighted by Crippen LogP contribution is -2.80. The molecule has 2 aliphatic rings. The van der Waals surface area contributed by atoms with Gasteiger partial charge in [-0.3, -0.25) is 9.69 Å².